The van der Waals surface area contributed by atoms with E-state index in [2.05, 4.69) is 5.32 Å². The van der Waals surface area contributed by atoms with Gasteiger partial charge < -0.3 is 10.4 Å². The Hall–Kier alpha value is -2.35. The molecular formula is C10H8N2O3. The van der Waals surface area contributed by atoms with Crippen LogP contribution in [0.25, 0.3) is 0 Å². The predicted molar refractivity (Wildman–Crippen MR) is 52.2 cm³/mol. The van der Waals surface area contributed by atoms with Crippen LogP contribution >= 0.6 is 0 Å². The highest BCUT2D eigenvalue weighted by Gasteiger charge is 2.13. The number of carboxylic acid groups (broad SMARTS) is 1. The molecule has 0 saturated heterocycles. The summed E-state index contributed by atoms with van der Waals surface area (Å²) in [4.78, 5) is 21.1. The molecular weight excluding hydrogens is 196 g/mol. The lowest BCUT2D eigenvalue weighted by Gasteiger charge is -2.04. The number of aliphatic carboxylic acids is 1. The fourth-order valence-electron chi connectivity index (χ4n) is 1.04. The minimum absolute atomic E-state index is 0.204. The summed E-state index contributed by atoms with van der Waals surface area (Å²) in [5.74, 6) is -2.74. The largest absolute Gasteiger partial charge is 0.474 e. The van der Waals surface area contributed by atoms with E-state index in [1.165, 1.54) is 6.07 Å². The van der Waals surface area contributed by atoms with Crippen molar-refractivity contribution in [2.45, 2.75) is 6.92 Å². The SMILES string of the molecule is Cc1ccc(NC(=O)C(=O)O)c(C#N)c1. The van der Waals surface area contributed by atoms with Crippen LogP contribution in [0.15, 0.2) is 18.2 Å². The number of rotatable bonds is 1. The maximum Gasteiger partial charge on any atom is 0.394 e. The minimum Gasteiger partial charge on any atom is -0.474 e. The summed E-state index contributed by atoms with van der Waals surface area (Å²) in [5, 5.41) is 19.2. The van der Waals surface area contributed by atoms with Gasteiger partial charge in [-0.3, -0.25) is 4.79 Å². The highest BCUT2D eigenvalue weighted by atomic mass is 16.4. The lowest BCUT2D eigenvalue weighted by atomic mass is 10.1. The number of carbonyl (C=O) groups is 2. The van der Waals surface area contributed by atoms with E-state index in [4.69, 9.17) is 10.4 Å². The molecule has 0 saturated carbocycles. The third-order valence-corrected chi connectivity index (χ3v) is 1.74. The molecule has 2 N–H and O–H groups in total. The van der Waals surface area contributed by atoms with Crippen LogP contribution in [-0.4, -0.2) is 17.0 Å². The van der Waals surface area contributed by atoms with Crippen molar-refractivity contribution in [2.24, 2.45) is 0 Å². The summed E-state index contributed by atoms with van der Waals surface area (Å²) in [6.45, 7) is 1.80. The van der Waals surface area contributed by atoms with Crippen LogP contribution in [0.2, 0.25) is 0 Å². The summed E-state index contributed by atoms with van der Waals surface area (Å²) in [6.07, 6.45) is 0. The zero-order valence-electron chi connectivity index (χ0n) is 7.94. The number of hydrogen-bond acceptors (Lipinski definition) is 3. The molecule has 5 heteroatoms. The second kappa shape index (κ2) is 4.24. The van der Waals surface area contributed by atoms with Crippen molar-refractivity contribution in [2.75, 3.05) is 5.32 Å². The summed E-state index contributed by atoms with van der Waals surface area (Å²) in [6, 6.07) is 6.61. The predicted octanol–water partition coefficient (Wildman–Crippen LogP) is 0.890. The monoisotopic (exact) mass is 204 g/mol. The van der Waals surface area contributed by atoms with Crippen molar-refractivity contribution in [3.63, 3.8) is 0 Å². The topological polar surface area (TPSA) is 90.2 Å². The highest BCUT2D eigenvalue weighted by molar-refractivity contribution is 6.36. The number of aryl methyl sites for hydroxylation is 1. The smallest absolute Gasteiger partial charge is 0.394 e. The first-order chi connectivity index (χ1) is 7.04. The molecule has 0 spiro atoms. The van der Waals surface area contributed by atoms with Gasteiger partial charge in [0, 0.05) is 0 Å². The van der Waals surface area contributed by atoms with Gasteiger partial charge in [-0.1, -0.05) is 6.07 Å². The summed E-state index contributed by atoms with van der Waals surface area (Å²) < 4.78 is 0. The number of anilines is 1. The van der Waals surface area contributed by atoms with E-state index in [-0.39, 0.29) is 11.3 Å². The fourth-order valence-corrected chi connectivity index (χ4v) is 1.04. The lowest BCUT2D eigenvalue weighted by molar-refractivity contribution is -0.147. The number of nitrogens with zero attached hydrogens (tertiary/aromatic N) is 1. The van der Waals surface area contributed by atoms with E-state index in [9.17, 15) is 9.59 Å². The average Bonchev–Trinajstić information content (AvgIpc) is 2.20. The van der Waals surface area contributed by atoms with Crippen LogP contribution < -0.4 is 5.32 Å². The Labute approximate surface area is 86.0 Å². The van der Waals surface area contributed by atoms with E-state index in [1.807, 2.05) is 6.07 Å². The summed E-state index contributed by atoms with van der Waals surface area (Å²) in [5.41, 5.74) is 1.31. The molecule has 0 aliphatic carbocycles. The van der Waals surface area contributed by atoms with Crippen molar-refractivity contribution in [1.82, 2.24) is 0 Å². The van der Waals surface area contributed by atoms with E-state index in [0.29, 0.717) is 0 Å². The molecule has 0 aromatic heterocycles. The van der Waals surface area contributed by atoms with Gasteiger partial charge in [-0.15, -0.1) is 0 Å². The molecule has 0 heterocycles. The van der Waals surface area contributed by atoms with Crippen molar-refractivity contribution in [1.29, 1.82) is 5.26 Å². The van der Waals surface area contributed by atoms with E-state index in [0.717, 1.165) is 5.56 Å². The molecule has 0 fully saturated rings. The Morgan fingerprint density at radius 3 is 2.67 bits per heavy atom. The molecule has 5 nitrogen and oxygen atoms in total. The molecule has 1 rings (SSSR count). The zero-order chi connectivity index (χ0) is 11.4. The van der Waals surface area contributed by atoms with Crippen LogP contribution in [-0.2, 0) is 9.59 Å². The first-order valence-corrected chi connectivity index (χ1v) is 4.09. The van der Waals surface area contributed by atoms with E-state index < -0.39 is 11.9 Å². The van der Waals surface area contributed by atoms with Crippen molar-refractivity contribution in [3.05, 3.63) is 29.3 Å². The summed E-state index contributed by atoms with van der Waals surface area (Å²) in [7, 11) is 0. The maximum absolute atomic E-state index is 10.8. The Balaban J connectivity index is 3.01. The van der Waals surface area contributed by atoms with Gasteiger partial charge in [-0.2, -0.15) is 5.26 Å². The number of carbonyl (C=O) groups excluding carboxylic acids is 1. The molecule has 0 bridgehead atoms. The number of hydrogen-bond donors (Lipinski definition) is 2. The second-order valence-electron chi connectivity index (χ2n) is 2.92. The van der Waals surface area contributed by atoms with Crippen LogP contribution in [0.4, 0.5) is 5.69 Å². The summed E-state index contributed by atoms with van der Waals surface area (Å²) >= 11 is 0. The standard InChI is InChI=1S/C10H8N2O3/c1-6-2-3-8(7(4-6)5-11)12-9(13)10(14)15/h2-4H,1H3,(H,12,13)(H,14,15). The van der Waals surface area contributed by atoms with Gasteiger partial charge >= 0.3 is 11.9 Å². The highest BCUT2D eigenvalue weighted by Crippen LogP contribution is 2.15. The fraction of sp³-hybridized carbons (Fsp3) is 0.100. The molecule has 1 aromatic carbocycles. The maximum atomic E-state index is 10.8. The first kappa shape index (κ1) is 10.7. The van der Waals surface area contributed by atoms with E-state index in [1.54, 1.807) is 19.1 Å². The minimum atomic E-state index is -1.58. The van der Waals surface area contributed by atoms with Gasteiger partial charge in [0.1, 0.15) is 6.07 Å². The molecule has 1 aromatic rings. The zero-order valence-corrected chi connectivity index (χ0v) is 7.94. The Bertz CT molecular complexity index is 460. The average molecular weight is 204 g/mol. The Morgan fingerprint density at radius 1 is 1.47 bits per heavy atom. The quantitative estimate of drug-likeness (QED) is 0.664. The van der Waals surface area contributed by atoms with Gasteiger partial charge in [-0.25, -0.2) is 4.79 Å². The van der Waals surface area contributed by atoms with Gasteiger partial charge in [0.2, 0.25) is 0 Å². The van der Waals surface area contributed by atoms with Crippen LogP contribution in [0.5, 0.6) is 0 Å². The molecule has 1 amide bonds. The van der Waals surface area contributed by atoms with Gasteiger partial charge in [0.15, 0.2) is 0 Å². The second-order valence-corrected chi connectivity index (χ2v) is 2.92. The van der Waals surface area contributed by atoms with E-state index >= 15 is 0 Å². The lowest BCUT2D eigenvalue weighted by Crippen LogP contribution is -2.22. The van der Waals surface area contributed by atoms with Gasteiger partial charge in [0.25, 0.3) is 0 Å². The molecule has 0 atom stereocenters. The Morgan fingerprint density at radius 2 is 2.13 bits per heavy atom. The first-order valence-electron chi connectivity index (χ1n) is 4.09. The number of benzene rings is 1. The van der Waals surface area contributed by atoms with Gasteiger partial charge in [-0.05, 0) is 24.6 Å². The van der Waals surface area contributed by atoms with Crippen molar-refractivity contribution < 1.29 is 14.7 Å². The number of carboxylic acids is 1. The molecule has 0 unspecified atom stereocenters. The molecule has 0 aliphatic rings. The molecule has 76 valence electrons. The molecule has 0 radical (unpaired) electrons. The van der Waals surface area contributed by atoms with Crippen molar-refractivity contribution >= 4 is 17.6 Å². The third kappa shape index (κ3) is 2.54. The number of amides is 1. The Kier molecular flexibility index (Phi) is 3.03. The van der Waals surface area contributed by atoms with Crippen LogP contribution in [0.3, 0.4) is 0 Å². The normalized spacial score (nSPS) is 9.07. The third-order valence-electron chi connectivity index (χ3n) is 1.74. The van der Waals surface area contributed by atoms with Crippen LogP contribution in [0.1, 0.15) is 11.1 Å². The molecule has 0 aliphatic heterocycles. The van der Waals surface area contributed by atoms with Gasteiger partial charge in [0.05, 0.1) is 11.3 Å². The van der Waals surface area contributed by atoms with Crippen molar-refractivity contribution in [3.8, 4) is 6.07 Å². The van der Waals surface area contributed by atoms with Crippen LogP contribution in [0, 0.1) is 18.3 Å². The molecule has 15 heavy (non-hydrogen) atoms. The number of nitriles is 1. The number of nitrogens with one attached hydrogen (secondary N) is 1.